The molecule has 0 spiro atoms. The Bertz CT molecular complexity index is 399. The van der Waals surface area contributed by atoms with Gasteiger partial charge in [-0.3, -0.25) is 9.48 Å². The van der Waals surface area contributed by atoms with Gasteiger partial charge < -0.3 is 5.32 Å². The number of halogens is 1. The molecule has 0 fully saturated rings. The zero-order chi connectivity index (χ0) is 13.7. The smallest absolute Gasteiger partial charge is 0.182 e. The fraction of sp³-hybridized carbons (Fsp3) is 0.692. The van der Waals surface area contributed by atoms with Gasteiger partial charge in [0.05, 0.1) is 11.2 Å². The molecule has 0 unspecified atom stereocenters. The molecule has 1 heterocycles. The minimum Gasteiger partial charge on any atom is -0.315 e. The molecule has 0 saturated carbocycles. The minimum atomic E-state index is 0.0664. The monoisotopic (exact) mass is 271 g/mol. The second-order valence-corrected chi connectivity index (χ2v) is 5.42. The Labute approximate surface area is 114 Å². The molecule has 0 bridgehead atoms. The van der Waals surface area contributed by atoms with E-state index in [4.69, 9.17) is 11.6 Å². The van der Waals surface area contributed by atoms with Crippen LogP contribution in [0, 0.1) is 0 Å². The first kappa shape index (κ1) is 15.2. The lowest BCUT2D eigenvalue weighted by Crippen LogP contribution is -2.24. The number of rotatable bonds is 7. The van der Waals surface area contributed by atoms with Crippen molar-refractivity contribution in [2.24, 2.45) is 0 Å². The summed E-state index contributed by atoms with van der Waals surface area (Å²) in [5, 5.41) is 7.88. The van der Waals surface area contributed by atoms with Gasteiger partial charge in [-0.25, -0.2) is 0 Å². The molecule has 0 aromatic carbocycles. The van der Waals surface area contributed by atoms with E-state index in [0.717, 1.165) is 13.0 Å². The quantitative estimate of drug-likeness (QED) is 0.612. The van der Waals surface area contributed by atoms with E-state index < -0.39 is 0 Å². The number of carbonyl (C=O) groups excluding carboxylic acids is 1. The van der Waals surface area contributed by atoms with Gasteiger partial charge in [0, 0.05) is 18.5 Å². The van der Waals surface area contributed by atoms with E-state index in [2.05, 4.69) is 24.3 Å². The molecule has 0 amide bonds. The number of nitrogens with zero attached hydrogens (tertiary/aromatic N) is 2. The maximum absolute atomic E-state index is 12.1. The number of carbonyl (C=O) groups is 1. The van der Waals surface area contributed by atoms with Gasteiger partial charge in [0.2, 0.25) is 0 Å². The van der Waals surface area contributed by atoms with Crippen molar-refractivity contribution in [1.82, 2.24) is 15.1 Å². The maximum atomic E-state index is 12.1. The van der Waals surface area contributed by atoms with Crippen LogP contribution in [0.2, 0.25) is 5.02 Å². The third kappa shape index (κ3) is 4.10. The average Bonchev–Trinajstić information content (AvgIpc) is 2.66. The summed E-state index contributed by atoms with van der Waals surface area (Å²) in [5.74, 6) is 0.0664. The highest BCUT2D eigenvalue weighted by Gasteiger charge is 2.18. The normalized spacial score (nSPS) is 11.5. The van der Waals surface area contributed by atoms with Crippen LogP contribution >= 0.6 is 11.6 Å². The molecular formula is C13H22ClN3O. The largest absolute Gasteiger partial charge is 0.315 e. The first-order chi connectivity index (χ1) is 8.43. The van der Waals surface area contributed by atoms with Gasteiger partial charge in [0.25, 0.3) is 0 Å². The van der Waals surface area contributed by atoms with Gasteiger partial charge >= 0.3 is 0 Å². The van der Waals surface area contributed by atoms with Gasteiger partial charge in [-0.2, -0.15) is 5.10 Å². The molecule has 1 N–H and O–H groups in total. The zero-order valence-electron chi connectivity index (χ0n) is 11.5. The molecule has 1 aromatic heterocycles. The van der Waals surface area contributed by atoms with Crippen molar-refractivity contribution in [2.45, 2.75) is 52.6 Å². The van der Waals surface area contributed by atoms with Crippen molar-refractivity contribution in [3.63, 3.8) is 0 Å². The van der Waals surface area contributed by atoms with Crippen LogP contribution in [0.5, 0.6) is 0 Å². The van der Waals surface area contributed by atoms with Crippen LogP contribution in [0.25, 0.3) is 0 Å². The number of hydrogen-bond acceptors (Lipinski definition) is 3. The number of hydrogen-bond donors (Lipinski definition) is 1. The molecule has 0 atom stereocenters. The summed E-state index contributed by atoms with van der Waals surface area (Å²) in [5.41, 5.74) is 0.538. The first-order valence-electron chi connectivity index (χ1n) is 6.43. The number of aromatic nitrogens is 2. The van der Waals surface area contributed by atoms with Crippen LogP contribution in [0.3, 0.4) is 0 Å². The number of Topliss-reactive ketones (excluding diaryl/α,β-unsaturated/α-hetero) is 1. The summed E-state index contributed by atoms with van der Waals surface area (Å²) in [4.78, 5) is 12.1. The van der Waals surface area contributed by atoms with Gasteiger partial charge in [-0.05, 0) is 26.8 Å². The third-order valence-corrected chi connectivity index (χ3v) is 2.91. The molecule has 0 saturated heterocycles. The topological polar surface area (TPSA) is 46.9 Å². The summed E-state index contributed by atoms with van der Waals surface area (Å²) >= 11 is 6.03. The Morgan fingerprint density at radius 2 is 2.11 bits per heavy atom. The van der Waals surface area contributed by atoms with E-state index in [9.17, 15) is 4.79 Å². The number of nitrogens with one attached hydrogen (secondary N) is 1. The Balaban J connectivity index is 2.58. The molecular weight excluding hydrogens is 250 g/mol. The Morgan fingerprint density at radius 3 is 2.67 bits per heavy atom. The Kier molecular flexibility index (Phi) is 5.82. The van der Waals surface area contributed by atoms with Crippen molar-refractivity contribution >= 4 is 17.4 Å². The summed E-state index contributed by atoms with van der Waals surface area (Å²) in [6.07, 6.45) is 2.86. The predicted octanol–water partition coefficient (Wildman–Crippen LogP) is 3.08. The van der Waals surface area contributed by atoms with Crippen LogP contribution < -0.4 is 5.32 Å². The molecule has 0 radical (unpaired) electrons. The van der Waals surface area contributed by atoms with Crippen LogP contribution in [-0.4, -0.2) is 28.2 Å². The van der Waals surface area contributed by atoms with Crippen molar-refractivity contribution in [1.29, 1.82) is 0 Å². The van der Waals surface area contributed by atoms with Crippen molar-refractivity contribution in [3.8, 4) is 0 Å². The zero-order valence-corrected chi connectivity index (χ0v) is 12.3. The van der Waals surface area contributed by atoms with E-state index in [1.54, 1.807) is 10.9 Å². The molecule has 1 rings (SSSR count). The van der Waals surface area contributed by atoms with Crippen molar-refractivity contribution in [2.75, 3.05) is 6.54 Å². The minimum absolute atomic E-state index is 0.0664. The molecule has 5 heteroatoms. The highest BCUT2D eigenvalue weighted by molar-refractivity contribution is 6.33. The Hall–Kier alpha value is -0.870. The molecule has 18 heavy (non-hydrogen) atoms. The first-order valence-corrected chi connectivity index (χ1v) is 6.80. The highest BCUT2D eigenvalue weighted by atomic mass is 35.5. The van der Waals surface area contributed by atoms with Gasteiger partial charge in [-0.1, -0.05) is 25.4 Å². The van der Waals surface area contributed by atoms with E-state index in [1.807, 2.05) is 13.8 Å². The molecule has 0 aliphatic heterocycles. The SMILES string of the molecule is CC(C)NCCCC(=O)c1c(Cl)cnn1C(C)C. The standard InChI is InChI=1S/C13H22ClN3O/c1-9(2)15-7-5-6-12(18)13-11(14)8-16-17(13)10(3)4/h8-10,15H,5-7H2,1-4H3. The lowest BCUT2D eigenvalue weighted by molar-refractivity contribution is 0.0967. The predicted molar refractivity (Wildman–Crippen MR) is 74.3 cm³/mol. The summed E-state index contributed by atoms with van der Waals surface area (Å²) in [6, 6.07) is 0.593. The Morgan fingerprint density at radius 1 is 1.44 bits per heavy atom. The van der Waals surface area contributed by atoms with Crippen LogP contribution in [-0.2, 0) is 0 Å². The number of ketones is 1. The fourth-order valence-electron chi connectivity index (χ4n) is 1.75. The van der Waals surface area contributed by atoms with E-state index >= 15 is 0 Å². The fourth-order valence-corrected chi connectivity index (χ4v) is 1.99. The second-order valence-electron chi connectivity index (χ2n) is 5.01. The summed E-state index contributed by atoms with van der Waals surface area (Å²) in [7, 11) is 0. The molecule has 1 aromatic rings. The average molecular weight is 272 g/mol. The third-order valence-electron chi connectivity index (χ3n) is 2.64. The molecule has 0 aliphatic rings. The summed E-state index contributed by atoms with van der Waals surface area (Å²) < 4.78 is 1.69. The van der Waals surface area contributed by atoms with Gasteiger partial charge in [0.1, 0.15) is 5.69 Å². The molecule has 0 aliphatic carbocycles. The molecule has 102 valence electrons. The second kappa shape index (κ2) is 6.90. The summed E-state index contributed by atoms with van der Waals surface area (Å²) in [6.45, 7) is 9.00. The van der Waals surface area contributed by atoms with Crippen molar-refractivity contribution in [3.05, 3.63) is 16.9 Å². The highest BCUT2D eigenvalue weighted by Crippen LogP contribution is 2.20. The van der Waals surface area contributed by atoms with Crippen molar-refractivity contribution < 1.29 is 4.79 Å². The van der Waals surface area contributed by atoms with E-state index in [0.29, 0.717) is 23.2 Å². The van der Waals surface area contributed by atoms with Crippen LogP contribution in [0.15, 0.2) is 6.20 Å². The van der Waals surface area contributed by atoms with Gasteiger partial charge in [0.15, 0.2) is 5.78 Å². The lowest BCUT2D eigenvalue weighted by Gasteiger charge is -2.11. The van der Waals surface area contributed by atoms with E-state index in [1.165, 1.54) is 0 Å². The van der Waals surface area contributed by atoms with Gasteiger partial charge in [-0.15, -0.1) is 0 Å². The maximum Gasteiger partial charge on any atom is 0.182 e. The lowest BCUT2D eigenvalue weighted by atomic mass is 10.1. The van der Waals surface area contributed by atoms with Crippen LogP contribution in [0.1, 0.15) is 57.1 Å². The molecule has 4 nitrogen and oxygen atoms in total. The van der Waals surface area contributed by atoms with E-state index in [-0.39, 0.29) is 11.8 Å². The van der Waals surface area contributed by atoms with Crippen LogP contribution in [0.4, 0.5) is 0 Å².